The molecule has 0 aromatic carbocycles. The highest BCUT2D eigenvalue weighted by Gasteiger charge is 2.23. The molecule has 0 spiro atoms. The molecule has 0 aromatic rings. The van der Waals surface area contributed by atoms with Crippen LogP contribution in [0.5, 0.6) is 0 Å². The molecule has 3 nitrogen and oxygen atoms in total. The van der Waals surface area contributed by atoms with Crippen LogP contribution < -0.4 is 5.32 Å². The zero-order valence-electron chi connectivity index (χ0n) is 12.0. The summed E-state index contributed by atoms with van der Waals surface area (Å²) in [5, 5.41) is 3.63. The first-order chi connectivity index (χ1) is 8.09. The molecule has 0 amide bonds. The van der Waals surface area contributed by atoms with Crippen LogP contribution in [0.15, 0.2) is 0 Å². The third kappa shape index (κ3) is 6.39. The van der Waals surface area contributed by atoms with Crippen LogP contribution in [0.4, 0.5) is 0 Å². The molecule has 1 heterocycles. The fourth-order valence-electron chi connectivity index (χ4n) is 2.22. The van der Waals surface area contributed by atoms with Gasteiger partial charge >= 0.3 is 0 Å². The van der Waals surface area contributed by atoms with Crippen molar-refractivity contribution >= 4 is 0 Å². The highest BCUT2D eigenvalue weighted by Crippen LogP contribution is 2.11. The predicted molar refractivity (Wildman–Crippen MR) is 73.4 cm³/mol. The Bertz CT molecular complexity index is 195. The number of ether oxygens (including phenoxy) is 1. The lowest BCUT2D eigenvalue weighted by Crippen LogP contribution is -2.35. The minimum absolute atomic E-state index is 0.650. The van der Waals surface area contributed by atoms with Crippen LogP contribution >= 0.6 is 0 Å². The second-order valence-corrected chi connectivity index (χ2v) is 5.85. The largest absolute Gasteiger partial charge is 0.381 e. The quantitative estimate of drug-likeness (QED) is 0.660. The Kier molecular flexibility index (Phi) is 7.09. The van der Waals surface area contributed by atoms with E-state index in [-0.39, 0.29) is 0 Å². The maximum atomic E-state index is 5.57. The summed E-state index contributed by atoms with van der Waals surface area (Å²) in [5.41, 5.74) is 0. The molecular weight excluding hydrogens is 212 g/mol. The van der Waals surface area contributed by atoms with E-state index in [4.69, 9.17) is 4.74 Å². The standard InChI is InChI=1S/C14H30N2O/c1-12(2)11-17-9-5-7-15-14-6-8-16(10-14)13(3)4/h12-15H,5-11H2,1-4H3. The molecule has 0 aliphatic carbocycles. The molecule has 1 aliphatic rings. The third-order valence-electron chi connectivity index (χ3n) is 3.30. The molecule has 1 fully saturated rings. The summed E-state index contributed by atoms with van der Waals surface area (Å²) in [7, 11) is 0. The highest BCUT2D eigenvalue weighted by molar-refractivity contribution is 4.82. The van der Waals surface area contributed by atoms with Gasteiger partial charge in [0.15, 0.2) is 0 Å². The van der Waals surface area contributed by atoms with Crippen molar-refractivity contribution in [2.75, 3.05) is 32.8 Å². The van der Waals surface area contributed by atoms with E-state index in [9.17, 15) is 0 Å². The van der Waals surface area contributed by atoms with Gasteiger partial charge in [-0.1, -0.05) is 13.8 Å². The Balaban J connectivity index is 1.94. The molecule has 1 N–H and O–H groups in total. The molecule has 102 valence electrons. The second-order valence-electron chi connectivity index (χ2n) is 5.85. The number of nitrogens with one attached hydrogen (secondary N) is 1. The highest BCUT2D eigenvalue weighted by atomic mass is 16.5. The summed E-state index contributed by atoms with van der Waals surface area (Å²) in [6.45, 7) is 14.3. The fraction of sp³-hybridized carbons (Fsp3) is 1.00. The maximum absolute atomic E-state index is 5.57. The van der Waals surface area contributed by atoms with Gasteiger partial charge in [-0.05, 0) is 45.7 Å². The van der Waals surface area contributed by atoms with Gasteiger partial charge in [0.2, 0.25) is 0 Å². The summed E-state index contributed by atoms with van der Waals surface area (Å²) in [6, 6.07) is 1.39. The van der Waals surface area contributed by atoms with Gasteiger partial charge in [0.25, 0.3) is 0 Å². The van der Waals surface area contributed by atoms with Gasteiger partial charge in [-0.25, -0.2) is 0 Å². The summed E-state index contributed by atoms with van der Waals surface area (Å²) >= 11 is 0. The van der Waals surface area contributed by atoms with E-state index < -0.39 is 0 Å². The second kappa shape index (κ2) is 8.06. The molecular formula is C14H30N2O. The van der Waals surface area contributed by atoms with E-state index >= 15 is 0 Å². The van der Waals surface area contributed by atoms with E-state index in [0.717, 1.165) is 26.2 Å². The lowest BCUT2D eigenvalue weighted by molar-refractivity contribution is 0.107. The fourth-order valence-corrected chi connectivity index (χ4v) is 2.22. The van der Waals surface area contributed by atoms with Crippen molar-refractivity contribution in [3.63, 3.8) is 0 Å². The van der Waals surface area contributed by atoms with Gasteiger partial charge in [0.05, 0.1) is 0 Å². The van der Waals surface area contributed by atoms with Crippen molar-refractivity contribution < 1.29 is 4.74 Å². The Morgan fingerprint density at radius 2 is 2.06 bits per heavy atom. The van der Waals surface area contributed by atoms with E-state index in [2.05, 4.69) is 37.9 Å². The molecule has 1 aliphatic heterocycles. The van der Waals surface area contributed by atoms with E-state index in [1.54, 1.807) is 0 Å². The Labute approximate surface area is 107 Å². The third-order valence-corrected chi connectivity index (χ3v) is 3.30. The van der Waals surface area contributed by atoms with Crippen molar-refractivity contribution in [1.29, 1.82) is 0 Å². The molecule has 3 heteroatoms. The van der Waals surface area contributed by atoms with Crippen LogP contribution in [-0.2, 0) is 4.74 Å². The van der Waals surface area contributed by atoms with Crippen molar-refractivity contribution in [2.45, 2.75) is 52.6 Å². The summed E-state index contributed by atoms with van der Waals surface area (Å²) < 4.78 is 5.57. The molecule has 1 saturated heterocycles. The Morgan fingerprint density at radius 3 is 2.65 bits per heavy atom. The van der Waals surface area contributed by atoms with Crippen molar-refractivity contribution in [1.82, 2.24) is 10.2 Å². The zero-order valence-corrected chi connectivity index (χ0v) is 12.0. The lowest BCUT2D eigenvalue weighted by atomic mass is 10.2. The molecule has 1 rings (SSSR count). The number of nitrogens with zero attached hydrogens (tertiary/aromatic N) is 1. The average molecular weight is 242 g/mol. The molecule has 0 saturated carbocycles. The lowest BCUT2D eigenvalue weighted by Gasteiger charge is -2.20. The number of rotatable bonds is 8. The topological polar surface area (TPSA) is 24.5 Å². The molecule has 17 heavy (non-hydrogen) atoms. The maximum Gasteiger partial charge on any atom is 0.0489 e. The van der Waals surface area contributed by atoms with Gasteiger partial charge < -0.3 is 10.1 Å². The number of hydrogen-bond acceptors (Lipinski definition) is 3. The monoisotopic (exact) mass is 242 g/mol. The van der Waals surface area contributed by atoms with Crippen molar-refractivity contribution in [2.24, 2.45) is 5.92 Å². The van der Waals surface area contributed by atoms with Crippen molar-refractivity contribution in [3.8, 4) is 0 Å². The first-order valence-corrected chi connectivity index (χ1v) is 7.14. The predicted octanol–water partition coefficient (Wildman–Crippen LogP) is 2.12. The van der Waals surface area contributed by atoms with Crippen LogP contribution in [0.2, 0.25) is 0 Å². The van der Waals surface area contributed by atoms with E-state index in [0.29, 0.717) is 18.0 Å². The van der Waals surface area contributed by atoms with Crippen molar-refractivity contribution in [3.05, 3.63) is 0 Å². The molecule has 1 unspecified atom stereocenters. The minimum Gasteiger partial charge on any atom is -0.381 e. The van der Waals surface area contributed by atoms with Crippen LogP contribution in [0.3, 0.4) is 0 Å². The van der Waals surface area contributed by atoms with Crippen LogP contribution in [0.1, 0.15) is 40.5 Å². The van der Waals surface area contributed by atoms with E-state index in [1.807, 2.05) is 0 Å². The van der Waals surface area contributed by atoms with E-state index in [1.165, 1.54) is 19.5 Å². The van der Waals surface area contributed by atoms with Gasteiger partial charge in [0.1, 0.15) is 0 Å². The van der Waals surface area contributed by atoms with Gasteiger partial charge in [0, 0.05) is 31.8 Å². The number of likely N-dealkylation sites (tertiary alicyclic amines) is 1. The van der Waals surface area contributed by atoms with Gasteiger partial charge in [-0.2, -0.15) is 0 Å². The summed E-state index contributed by atoms with van der Waals surface area (Å²) in [6.07, 6.45) is 2.43. The first kappa shape index (κ1) is 14.9. The van der Waals surface area contributed by atoms with Crippen LogP contribution in [0, 0.1) is 5.92 Å². The Morgan fingerprint density at radius 1 is 1.29 bits per heavy atom. The van der Waals surface area contributed by atoms with Crippen LogP contribution in [-0.4, -0.2) is 49.8 Å². The normalized spacial score (nSPS) is 21.9. The van der Waals surface area contributed by atoms with Gasteiger partial charge in [-0.15, -0.1) is 0 Å². The first-order valence-electron chi connectivity index (χ1n) is 7.14. The summed E-state index contributed by atoms with van der Waals surface area (Å²) in [4.78, 5) is 2.55. The summed E-state index contributed by atoms with van der Waals surface area (Å²) in [5.74, 6) is 0.650. The Hall–Kier alpha value is -0.120. The number of hydrogen-bond donors (Lipinski definition) is 1. The molecule has 0 bridgehead atoms. The average Bonchev–Trinajstić information content (AvgIpc) is 2.71. The molecule has 0 aromatic heterocycles. The van der Waals surface area contributed by atoms with Crippen LogP contribution in [0.25, 0.3) is 0 Å². The minimum atomic E-state index is 0.650. The zero-order chi connectivity index (χ0) is 12.7. The molecule has 1 atom stereocenters. The van der Waals surface area contributed by atoms with Gasteiger partial charge in [-0.3, -0.25) is 4.90 Å². The SMILES string of the molecule is CC(C)COCCCNC1CCN(C(C)C)C1. The molecule has 0 radical (unpaired) electrons. The smallest absolute Gasteiger partial charge is 0.0489 e.